The summed E-state index contributed by atoms with van der Waals surface area (Å²) in [5.74, 6) is -10.2. The van der Waals surface area contributed by atoms with Crippen molar-refractivity contribution in [3.05, 3.63) is 95.8 Å². The number of carboxylic acid groups (broad SMARTS) is 1. The van der Waals surface area contributed by atoms with Gasteiger partial charge >= 0.3 is 5.97 Å². The zero-order valence-corrected chi connectivity index (χ0v) is 35.4. The second kappa shape index (κ2) is 21.7. The lowest BCUT2D eigenvalue weighted by molar-refractivity contribution is -0.145. The van der Waals surface area contributed by atoms with Crippen LogP contribution in [-0.4, -0.2) is 122 Å². The molecular weight excluding hydrogens is 843 g/mol. The molecule has 8 N–H and O–H groups in total. The van der Waals surface area contributed by atoms with Crippen molar-refractivity contribution in [3.63, 3.8) is 0 Å². The summed E-state index contributed by atoms with van der Waals surface area (Å²) in [5.41, 5.74) is 5.93. The molecule has 0 radical (unpaired) electrons. The van der Waals surface area contributed by atoms with Crippen molar-refractivity contribution in [2.45, 2.75) is 71.2 Å². The van der Waals surface area contributed by atoms with E-state index >= 15 is 4.39 Å². The van der Waals surface area contributed by atoms with Gasteiger partial charge in [0, 0.05) is 48.3 Å². The van der Waals surface area contributed by atoms with Gasteiger partial charge in [0.05, 0.1) is 19.0 Å². The van der Waals surface area contributed by atoms with Crippen LogP contribution >= 0.6 is 0 Å². The summed E-state index contributed by atoms with van der Waals surface area (Å²) in [6, 6.07) is 7.84. The molecule has 1 aromatic heterocycles. The molecule has 1 aliphatic rings. The number of carbonyl (C=O) groups is 9. The number of rotatable bonds is 21. The lowest BCUT2D eigenvalue weighted by Gasteiger charge is -2.41. The number of hydrogen-bond acceptors (Lipinski definition) is 10. The molecule has 4 atom stereocenters. The Morgan fingerprint density at radius 3 is 2.09 bits per heavy atom. The number of benzene rings is 2. The lowest BCUT2D eigenvalue weighted by Crippen LogP contribution is -2.57. The first-order valence-electron chi connectivity index (χ1n) is 19.9. The van der Waals surface area contributed by atoms with Crippen LogP contribution in [0.25, 0.3) is 11.1 Å². The molecule has 0 saturated carbocycles. The van der Waals surface area contributed by atoms with Gasteiger partial charge < -0.3 is 46.7 Å². The van der Waals surface area contributed by atoms with Gasteiger partial charge in [-0.15, -0.1) is 0 Å². The number of nitrogens with two attached hydrogens (primary N) is 1. The summed E-state index contributed by atoms with van der Waals surface area (Å²) in [6.45, 7) is 4.02. The Hall–Kier alpha value is -7.29. The normalized spacial score (nSPS) is 14.3. The number of aliphatic hydroxyl groups excluding tert-OH is 1. The summed E-state index contributed by atoms with van der Waals surface area (Å²) in [4.78, 5) is 115. The van der Waals surface area contributed by atoms with Gasteiger partial charge in [0.25, 0.3) is 11.8 Å². The topological polar surface area (TPSA) is 280 Å². The average Bonchev–Trinajstić information content (AvgIpc) is 3.78. The average molecular weight is 893 g/mol. The molecule has 64 heavy (non-hydrogen) atoms. The number of imide groups is 1. The molecule has 4 rings (SSSR count). The van der Waals surface area contributed by atoms with E-state index in [1.165, 1.54) is 11.8 Å². The Morgan fingerprint density at radius 1 is 0.859 bits per heavy atom. The number of amides is 8. The van der Waals surface area contributed by atoms with Gasteiger partial charge in [0.2, 0.25) is 35.4 Å². The second-order valence-electron chi connectivity index (χ2n) is 16.0. The Balaban J connectivity index is 1.52. The quantitative estimate of drug-likeness (QED) is 0.0713. The Labute approximate surface area is 366 Å². The van der Waals surface area contributed by atoms with E-state index in [1.54, 1.807) is 37.6 Å². The summed E-state index contributed by atoms with van der Waals surface area (Å²) in [5, 5.41) is 29.3. The zero-order chi connectivity index (χ0) is 47.5. The van der Waals surface area contributed by atoms with Crippen LogP contribution in [-0.2, 0) is 49.7 Å². The van der Waals surface area contributed by atoms with Crippen molar-refractivity contribution < 1.29 is 62.1 Å². The molecular formula is C43H50F2N8O11. The van der Waals surface area contributed by atoms with E-state index < -0.39 is 134 Å². The number of carboxylic acids is 1. The van der Waals surface area contributed by atoms with Crippen LogP contribution in [0.1, 0.15) is 57.8 Å². The van der Waals surface area contributed by atoms with Gasteiger partial charge in [-0.05, 0) is 48.6 Å². The molecule has 0 bridgehead atoms. The van der Waals surface area contributed by atoms with E-state index in [2.05, 4.69) is 21.3 Å². The van der Waals surface area contributed by atoms with Crippen molar-refractivity contribution in [2.24, 2.45) is 11.1 Å². The van der Waals surface area contributed by atoms with E-state index in [1.807, 2.05) is 30.3 Å². The van der Waals surface area contributed by atoms with Gasteiger partial charge in [0.1, 0.15) is 42.9 Å². The van der Waals surface area contributed by atoms with Crippen molar-refractivity contribution in [2.75, 3.05) is 26.2 Å². The monoisotopic (exact) mass is 892 g/mol. The SMILES string of the molecule is C[C@H](NC(=O)CNC(=O)CN1C(=O)C=CC1=O)C(=O)N[C@@H](CC(N)=O)C(=O)N[C@@H](CCN(C(=O)CO)[C@@H](c1cc(-c2cc(F)ccc2F)cn1Cc1ccccc1)C(C)(C)C)C(=O)O. The molecule has 0 spiro atoms. The van der Waals surface area contributed by atoms with E-state index in [9.17, 15) is 57.8 Å². The predicted octanol–water partition coefficient (Wildman–Crippen LogP) is 0.255. The Morgan fingerprint density at radius 2 is 1.50 bits per heavy atom. The van der Waals surface area contributed by atoms with Crippen LogP contribution in [0.5, 0.6) is 0 Å². The molecule has 0 fully saturated rings. The third kappa shape index (κ3) is 13.4. The molecule has 8 amide bonds. The fourth-order valence-electron chi connectivity index (χ4n) is 6.93. The summed E-state index contributed by atoms with van der Waals surface area (Å²) < 4.78 is 31.3. The van der Waals surface area contributed by atoms with E-state index in [0.29, 0.717) is 10.6 Å². The summed E-state index contributed by atoms with van der Waals surface area (Å²) >= 11 is 0. The smallest absolute Gasteiger partial charge is 0.326 e. The fraction of sp³-hybridized carbons (Fsp3) is 0.372. The molecule has 3 aromatic rings. The number of primary amides is 1. The molecule has 342 valence electrons. The van der Waals surface area contributed by atoms with Crippen LogP contribution < -0.4 is 27.0 Å². The third-order valence-corrected chi connectivity index (χ3v) is 9.96. The standard InChI is InChI=1S/C43H50F2N8O11/c1-24(48-34(56)19-47-35(57)22-53-36(58)12-13-37(53)59)40(61)50-31(18-33(46)55)41(62)49-30(42(63)64)14-15-52(38(60)23-54)39(43(2,3)4)32-16-26(28-17-27(44)10-11-29(28)45)21-51(32)20-25-8-6-5-7-9-25/h5-13,16-17,21,24,30-31,39,54H,14-15,18-20,22-23H2,1-4H3,(H2,46,55)(H,47,57)(H,48,56)(H,49,62)(H,50,61)(H,63,64)/t24-,30-,31-,39-/m0/s1. The maximum absolute atomic E-state index is 15.1. The van der Waals surface area contributed by atoms with E-state index in [-0.39, 0.29) is 17.7 Å². The highest BCUT2D eigenvalue weighted by Crippen LogP contribution is 2.41. The lowest BCUT2D eigenvalue weighted by atomic mass is 9.82. The van der Waals surface area contributed by atoms with Crippen molar-refractivity contribution in [1.29, 1.82) is 0 Å². The van der Waals surface area contributed by atoms with Gasteiger partial charge in [-0.25, -0.2) is 13.6 Å². The molecule has 2 heterocycles. The van der Waals surface area contributed by atoms with Crippen LogP contribution in [0.4, 0.5) is 8.78 Å². The fourth-order valence-corrected chi connectivity index (χ4v) is 6.93. The predicted molar refractivity (Wildman–Crippen MR) is 223 cm³/mol. The molecule has 1 aliphatic heterocycles. The maximum Gasteiger partial charge on any atom is 0.326 e. The van der Waals surface area contributed by atoms with Gasteiger partial charge in [-0.2, -0.15) is 0 Å². The highest BCUT2D eigenvalue weighted by Gasteiger charge is 2.38. The van der Waals surface area contributed by atoms with Crippen LogP contribution in [0.2, 0.25) is 0 Å². The first kappa shape index (κ1) is 49.4. The maximum atomic E-state index is 15.1. The number of aromatic nitrogens is 1. The number of nitrogens with one attached hydrogen (secondary N) is 4. The first-order valence-corrected chi connectivity index (χ1v) is 19.9. The number of carbonyl (C=O) groups excluding carboxylic acids is 8. The second-order valence-corrected chi connectivity index (χ2v) is 16.0. The van der Waals surface area contributed by atoms with Gasteiger partial charge in [-0.1, -0.05) is 51.1 Å². The number of nitrogens with zero attached hydrogens (tertiary/aromatic N) is 3. The van der Waals surface area contributed by atoms with Gasteiger partial charge in [-0.3, -0.25) is 43.3 Å². The Bertz CT molecular complexity index is 2290. The van der Waals surface area contributed by atoms with Crippen molar-refractivity contribution >= 4 is 53.2 Å². The number of halogens is 2. The van der Waals surface area contributed by atoms with Crippen molar-refractivity contribution in [1.82, 2.24) is 35.6 Å². The minimum Gasteiger partial charge on any atom is -0.480 e. The van der Waals surface area contributed by atoms with Crippen LogP contribution in [0.15, 0.2) is 72.9 Å². The van der Waals surface area contributed by atoms with E-state index in [0.717, 1.165) is 35.9 Å². The molecule has 2 aromatic carbocycles. The van der Waals surface area contributed by atoms with E-state index in [4.69, 9.17) is 5.73 Å². The number of aliphatic hydroxyl groups is 1. The first-order chi connectivity index (χ1) is 30.1. The zero-order valence-electron chi connectivity index (χ0n) is 35.4. The molecule has 0 saturated heterocycles. The molecule has 0 aliphatic carbocycles. The molecule has 21 heteroatoms. The largest absolute Gasteiger partial charge is 0.480 e. The highest BCUT2D eigenvalue weighted by molar-refractivity contribution is 6.14. The highest BCUT2D eigenvalue weighted by atomic mass is 19.1. The Kier molecular flexibility index (Phi) is 16.7. The molecule has 19 nitrogen and oxygen atoms in total. The number of hydrogen-bond donors (Lipinski definition) is 7. The summed E-state index contributed by atoms with van der Waals surface area (Å²) in [6.07, 6.45) is 2.26. The molecule has 0 unspecified atom stereocenters. The van der Waals surface area contributed by atoms with Crippen molar-refractivity contribution in [3.8, 4) is 11.1 Å². The third-order valence-electron chi connectivity index (χ3n) is 9.96. The van der Waals surface area contributed by atoms with Crippen LogP contribution in [0.3, 0.4) is 0 Å². The minimum absolute atomic E-state index is 0.0574. The number of aliphatic carboxylic acids is 1. The minimum atomic E-state index is -1.76. The van der Waals surface area contributed by atoms with Crippen LogP contribution in [0, 0.1) is 17.0 Å². The summed E-state index contributed by atoms with van der Waals surface area (Å²) in [7, 11) is 0. The van der Waals surface area contributed by atoms with Gasteiger partial charge in [0.15, 0.2) is 0 Å².